The van der Waals surface area contributed by atoms with E-state index in [2.05, 4.69) is 51.3 Å². The first-order valence-corrected chi connectivity index (χ1v) is 8.26. The predicted octanol–water partition coefficient (Wildman–Crippen LogP) is 4.35. The van der Waals surface area contributed by atoms with E-state index >= 15 is 0 Å². The Morgan fingerprint density at radius 1 is 1.19 bits per heavy atom. The highest BCUT2D eigenvalue weighted by Crippen LogP contribution is 2.43. The van der Waals surface area contributed by atoms with Gasteiger partial charge in [0.25, 0.3) is 0 Å². The minimum atomic E-state index is 0. The number of nitrogens with one attached hydrogen (secondary N) is 1. The lowest BCUT2D eigenvalue weighted by Gasteiger charge is -2.43. The molecule has 21 heavy (non-hydrogen) atoms. The van der Waals surface area contributed by atoms with Gasteiger partial charge in [-0.1, -0.05) is 34.5 Å². The maximum atomic E-state index is 3.79. The predicted molar refractivity (Wildman–Crippen MR) is 97.9 cm³/mol. The third-order valence-corrected chi connectivity index (χ3v) is 5.30. The first kappa shape index (κ1) is 19.2. The summed E-state index contributed by atoms with van der Waals surface area (Å²) in [4.78, 5) is 2.69. The molecule has 1 saturated carbocycles. The zero-order chi connectivity index (χ0) is 13.2. The van der Waals surface area contributed by atoms with Crippen LogP contribution in [0.1, 0.15) is 36.4 Å². The molecular weight excluding hydrogens is 371 g/mol. The van der Waals surface area contributed by atoms with Crippen LogP contribution in [0.3, 0.4) is 0 Å². The topological polar surface area (TPSA) is 15.3 Å². The van der Waals surface area contributed by atoms with Crippen molar-refractivity contribution in [1.82, 2.24) is 10.2 Å². The van der Waals surface area contributed by atoms with Crippen LogP contribution in [0.25, 0.3) is 0 Å². The van der Waals surface area contributed by atoms with E-state index in [0.29, 0.717) is 6.04 Å². The molecule has 120 valence electrons. The lowest BCUT2D eigenvalue weighted by atomic mass is 9.76. The van der Waals surface area contributed by atoms with Crippen molar-refractivity contribution in [3.63, 3.8) is 0 Å². The second kappa shape index (κ2) is 8.73. The third kappa shape index (κ3) is 4.35. The van der Waals surface area contributed by atoms with Crippen molar-refractivity contribution in [1.29, 1.82) is 0 Å². The average Bonchev–Trinajstić information content (AvgIpc) is 2.35. The van der Waals surface area contributed by atoms with Gasteiger partial charge in [-0.05, 0) is 42.9 Å². The van der Waals surface area contributed by atoms with Gasteiger partial charge >= 0.3 is 0 Å². The zero-order valence-electron chi connectivity index (χ0n) is 12.5. The Morgan fingerprint density at radius 2 is 1.86 bits per heavy atom. The molecule has 0 bridgehead atoms. The molecule has 0 unspecified atom stereocenters. The van der Waals surface area contributed by atoms with Crippen LogP contribution in [0.2, 0.25) is 0 Å². The van der Waals surface area contributed by atoms with Crippen molar-refractivity contribution >= 4 is 40.7 Å². The lowest BCUT2D eigenvalue weighted by Crippen LogP contribution is -2.47. The van der Waals surface area contributed by atoms with E-state index in [0.717, 1.165) is 19.0 Å². The van der Waals surface area contributed by atoms with Crippen LogP contribution in [-0.2, 0) is 0 Å². The number of nitrogens with zero attached hydrogens (tertiary/aromatic N) is 1. The van der Waals surface area contributed by atoms with Gasteiger partial charge in [0, 0.05) is 36.7 Å². The SMILES string of the molecule is Cc1ccc([C@@H](C2CCC2)N2CCNCC2)c(Br)c1.Cl.Cl. The van der Waals surface area contributed by atoms with Crippen LogP contribution in [0, 0.1) is 12.8 Å². The normalized spacial score (nSPS) is 20.9. The van der Waals surface area contributed by atoms with Crippen molar-refractivity contribution in [3.8, 4) is 0 Å². The van der Waals surface area contributed by atoms with E-state index in [4.69, 9.17) is 0 Å². The molecule has 1 aliphatic heterocycles. The minimum absolute atomic E-state index is 0. The van der Waals surface area contributed by atoms with E-state index in [9.17, 15) is 0 Å². The van der Waals surface area contributed by atoms with Gasteiger partial charge in [-0.25, -0.2) is 0 Å². The van der Waals surface area contributed by atoms with Crippen LogP contribution in [-0.4, -0.2) is 31.1 Å². The van der Waals surface area contributed by atoms with Gasteiger partial charge < -0.3 is 5.32 Å². The molecule has 3 rings (SSSR count). The molecule has 1 aromatic rings. The number of halogens is 3. The van der Waals surface area contributed by atoms with Crippen LogP contribution >= 0.6 is 40.7 Å². The van der Waals surface area contributed by atoms with E-state index in [1.807, 2.05) is 0 Å². The van der Waals surface area contributed by atoms with Crippen LogP contribution in [0.4, 0.5) is 0 Å². The van der Waals surface area contributed by atoms with Gasteiger partial charge in [0.15, 0.2) is 0 Å². The molecule has 0 spiro atoms. The Bertz CT molecular complexity index is 446. The van der Waals surface area contributed by atoms with E-state index in [-0.39, 0.29) is 24.8 Å². The maximum absolute atomic E-state index is 3.79. The molecule has 1 aliphatic carbocycles. The number of benzene rings is 1. The van der Waals surface area contributed by atoms with Crippen LogP contribution in [0.5, 0.6) is 0 Å². The highest BCUT2D eigenvalue weighted by Gasteiger charge is 2.34. The summed E-state index contributed by atoms with van der Waals surface area (Å²) in [6, 6.07) is 7.48. The molecule has 5 heteroatoms. The second-order valence-corrected chi connectivity index (χ2v) is 6.80. The largest absolute Gasteiger partial charge is 0.314 e. The summed E-state index contributed by atoms with van der Waals surface area (Å²) in [5, 5.41) is 3.47. The fraction of sp³-hybridized carbons (Fsp3) is 0.625. The Morgan fingerprint density at radius 3 is 2.38 bits per heavy atom. The molecule has 2 aliphatic rings. The van der Waals surface area contributed by atoms with Crippen molar-refractivity contribution in [2.24, 2.45) is 5.92 Å². The highest BCUT2D eigenvalue weighted by molar-refractivity contribution is 9.10. The summed E-state index contributed by atoms with van der Waals surface area (Å²) in [7, 11) is 0. The quantitative estimate of drug-likeness (QED) is 0.818. The molecular formula is C16H25BrCl2N2. The van der Waals surface area contributed by atoms with Gasteiger partial charge in [0.1, 0.15) is 0 Å². The van der Waals surface area contributed by atoms with Crippen LogP contribution < -0.4 is 5.32 Å². The fourth-order valence-electron chi connectivity index (χ4n) is 3.34. The van der Waals surface area contributed by atoms with E-state index < -0.39 is 0 Å². The molecule has 1 heterocycles. The Balaban J connectivity index is 0.00000110. The summed E-state index contributed by atoms with van der Waals surface area (Å²) in [5.74, 6) is 0.858. The first-order chi connectivity index (χ1) is 9.25. The monoisotopic (exact) mass is 394 g/mol. The Kier molecular flexibility index (Phi) is 8.00. The lowest BCUT2D eigenvalue weighted by molar-refractivity contribution is 0.0832. The van der Waals surface area contributed by atoms with Crippen LogP contribution in [0.15, 0.2) is 22.7 Å². The number of hydrogen-bond acceptors (Lipinski definition) is 2. The molecule has 0 radical (unpaired) electrons. The zero-order valence-corrected chi connectivity index (χ0v) is 15.7. The fourth-order valence-corrected chi connectivity index (χ4v) is 4.06. The van der Waals surface area contributed by atoms with E-state index in [1.54, 1.807) is 0 Å². The minimum Gasteiger partial charge on any atom is -0.314 e. The molecule has 1 saturated heterocycles. The second-order valence-electron chi connectivity index (χ2n) is 5.95. The molecule has 1 N–H and O–H groups in total. The molecule has 0 aromatic heterocycles. The Labute approximate surface area is 149 Å². The maximum Gasteiger partial charge on any atom is 0.0388 e. The molecule has 0 amide bonds. The van der Waals surface area contributed by atoms with Crippen molar-refractivity contribution < 1.29 is 0 Å². The van der Waals surface area contributed by atoms with Gasteiger partial charge in [-0.15, -0.1) is 24.8 Å². The van der Waals surface area contributed by atoms with Crippen molar-refractivity contribution in [2.75, 3.05) is 26.2 Å². The summed E-state index contributed by atoms with van der Waals surface area (Å²) in [6.07, 6.45) is 4.21. The molecule has 2 fully saturated rings. The molecule has 2 nitrogen and oxygen atoms in total. The average molecular weight is 396 g/mol. The first-order valence-electron chi connectivity index (χ1n) is 7.46. The van der Waals surface area contributed by atoms with Crippen molar-refractivity contribution in [3.05, 3.63) is 33.8 Å². The summed E-state index contributed by atoms with van der Waals surface area (Å²) < 4.78 is 1.29. The molecule has 1 atom stereocenters. The standard InChI is InChI=1S/C16H23BrN2.2ClH/c1-12-5-6-14(15(17)11-12)16(13-3-2-4-13)19-9-7-18-8-10-19;;/h5-6,11,13,16,18H,2-4,7-10H2,1H3;2*1H/t16-;;/m1../s1. The molecule has 1 aromatic carbocycles. The van der Waals surface area contributed by atoms with Crippen molar-refractivity contribution in [2.45, 2.75) is 32.2 Å². The third-order valence-electron chi connectivity index (χ3n) is 4.62. The van der Waals surface area contributed by atoms with Gasteiger partial charge in [-0.2, -0.15) is 0 Å². The Hall–Kier alpha value is 0.200. The van der Waals surface area contributed by atoms with Gasteiger partial charge in [-0.3, -0.25) is 4.90 Å². The number of aryl methyl sites for hydroxylation is 1. The van der Waals surface area contributed by atoms with Gasteiger partial charge in [0.05, 0.1) is 0 Å². The number of rotatable bonds is 3. The van der Waals surface area contributed by atoms with Gasteiger partial charge in [0.2, 0.25) is 0 Å². The van der Waals surface area contributed by atoms with E-state index in [1.165, 1.54) is 48.0 Å². The summed E-state index contributed by atoms with van der Waals surface area (Å²) in [6.45, 7) is 6.79. The smallest absolute Gasteiger partial charge is 0.0388 e. The highest BCUT2D eigenvalue weighted by atomic mass is 79.9. The summed E-state index contributed by atoms with van der Waals surface area (Å²) >= 11 is 3.79. The summed E-state index contributed by atoms with van der Waals surface area (Å²) in [5.41, 5.74) is 2.83. The number of hydrogen-bond donors (Lipinski definition) is 1. The number of piperazine rings is 1.